The Morgan fingerprint density at radius 1 is 1.13 bits per heavy atom. The van der Waals surface area contributed by atoms with Crippen molar-refractivity contribution in [3.05, 3.63) is 0 Å². The zero-order chi connectivity index (χ0) is 11.4. The van der Waals surface area contributed by atoms with Gasteiger partial charge >= 0.3 is 0 Å². The summed E-state index contributed by atoms with van der Waals surface area (Å²) in [6.45, 7) is 11.1. The lowest BCUT2D eigenvalue weighted by Gasteiger charge is -2.17. The predicted octanol–water partition coefficient (Wildman–Crippen LogP) is 0.317. The second-order valence-corrected chi connectivity index (χ2v) is 3.47. The Labute approximate surface area is 93.6 Å². The third-order valence-electron chi connectivity index (χ3n) is 2.38. The van der Waals surface area contributed by atoms with Crippen LogP contribution in [0.25, 0.3) is 0 Å². The molecule has 4 heteroatoms. The van der Waals surface area contributed by atoms with E-state index in [0.717, 1.165) is 45.8 Å². The molecule has 0 atom stereocenters. The third kappa shape index (κ3) is 10.1. The van der Waals surface area contributed by atoms with Crippen LogP contribution < -0.4 is 5.32 Å². The van der Waals surface area contributed by atoms with Gasteiger partial charge in [0.1, 0.15) is 0 Å². The van der Waals surface area contributed by atoms with Gasteiger partial charge in [-0.2, -0.15) is 0 Å². The molecule has 0 unspecified atom stereocenters. The van der Waals surface area contributed by atoms with Crippen molar-refractivity contribution in [1.82, 2.24) is 10.2 Å². The second-order valence-electron chi connectivity index (χ2n) is 3.47. The van der Waals surface area contributed by atoms with Gasteiger partial charge in [-0.15, -0.1) is 0 Å². The van der Waals surface area contributed by atoms with E-state index in [1.54, 1.807) is 0 Å². The fraction of sp³-hybridized carbons (Fsp3) is 1.00. The van der Waals surface area contributed by atoms with E-state index in [0.29, 0.717) is 6.61 Å². The maximum Gasteiger partial charge on any atom is 0.0697 e. The number of aliphatic hydroxyl groups excluding tert-OH is 1. The van der Waals surface area contributed by atoms with Crippen LogP contribution >= 0.6 is 0 Å². The smallest absolute Gasteiger partial charge is 0.0697 e. The standard InChI is InChI=1S/C11H26N2O2/c1-3-13(4-2)8-7-12-6-5-10-15-11-9-14/h12,14H,3-11H2,1-2H3. The van der Waals surface area contributed by atoms with Crippen LogP contribution in [0, 0.1) is 0 Å². The second kappa shape index (κ2) is 11.9. The minimum atomic E-state index is 0.120. The van der Waals surface area contributed by atoms with Gasteiger partial charge in [-0.05, 0) is 26.1 Å². The average Bonchev–Trinajstić information content (AvgIpc) is 2.27. The van der Waals surface area contributed by atoms with E-state index < -0.39 is 0 Å². The number of aliphatic hydroxyl groups is 1. The third-order valence-corrected chi connectivity index (χ3v) is 2.38. The van der Waals surface area contributed by atoms with Gasteiger partial charge in [-0.1, -0.05) is 13.8 Å². The molecule has 0 aromatic carbocycles. The number of likely N-dealkylation sites (N-methyl/N-ethyl adjacent to an activating group) is 1. The summed E-state index contributed by atoms with van der Waals surface area (Å²) in [6.07, 6.45) is 1.01. The summed E-state index contributed by atoms with van der Waals surface area (Å²) in [4.78, 5) is 2.40. The molecule has 0 aliphatic rings. The highest BCUT2D eigenvalue weighted by Crippen LogP contribution is 1.85. The first-order valence-electron chi connectivity index (χ1n) is 5.96. The summed E-state index contributed by atoms with van der Waals surface area (Å²) in [5.74, 6) is 0. The lowest BCUT2D eigenvalue weighted by molar-refractivity contribution is 0.0907. The van der Waals surface area contributed by atoms with Crippen molar-refractivity contribution < 1.29 is 9.84 Å². The Morgan fingerprint density at radius 2 is 1.87 bits per heavy atom. The number of hydrogen-bond acceptors (Lipinski definition) is 4. The molecular weight excluding hydrogens is 192 g/mol. The molecular formula is C11H26N2O2. The number of ether oxygens (including phenoxy) is 1. The first kappa shape index (κ1) is 14.8. The Morgan fingerprint density at radius 3 is 2.47 bits per heavy atom. The lowest BCUT2D eigenvalue weighted by atomic mass is 10.4. The van der Waals surface area contributed by atoms with Crippen molar-refractivity contribution in [3.63, 3.8) is 0 Å². The van der Waals surface area contributed by atoms with Gasteiger partial charge in [-0.3, -0.25) is 0 Å². The van der Waals surface area contributed by atoms with Gasteiger partial charge in [0.2, 0.25) is 0 Å². The summed E-state index contributed by atoms with van der Waals surface area (Å²) in [7, 11) is 0. The maximum absolute atomic E-state index is 8.48. The van der Waals surface area contributed by atoms with Crippen LogP contribution in [0.15, 0.2) is 0 Å². The first-order valence-corrected chi connectivity index (χ1v) is 5.96. The summed E-state index contributed by atoms with van der Waals surface area (Å²) in [5.41, 5.74) is 0. The van der Waals surface area contributed by atoms with Crippen LogP contribution in [-0.2, 0) is 4.74 Å². The minimum Gasteiger partial charge on any atom is -0.394 e. The lowest BCUT2D eigenvalue weighted by Crippen LogP contribution is -2.32. The first-order chi connectivity index (χ1) is 7.35. The molecule has 0 radical (unpaired) electrons. The van der Waals surface area contributed by atoms with Gasteiger partial charge in [0, 0.05) is 19.7 Å². The molecule has 0 heterocycles. The number of rotatable bonds is 11. The molecule has 92 valence electrons. The van der Waals surface area contributed by atoms with E-state index in [2.05, 4.69) is 24.1 Å². The van der Waals surface area contributed by atoms with Crippen LogP contribution in [-0.4, -0.2) is 62.6 Å². The molecule has 0 saturated heterocycles. The molecule has 0 bridgehead atoms. The van der Waals surface area contributed by atoms with Crippen LogP contribution in [0.3, 0.4) is 0 Å². The van der Waals surface area contributed by atoms with Crippen LogP contribution in [0.2, 0.25) is 0 Å². The highest BCUT2D eigenvalue weighted by molar-refractivity contribution is 4.55. The zero-order valence-electron chi connectivity index (χ0n) is 10.2. The molecule has 4 nitrogen and oxygen atoms in total. The van der Waals surface area contributed by atoms with Crippen molar-refractivity contribution in [2.24, 2.45) is 0 Å². The number of nitrogens with one attached hydrogen (secondary N) is 1. The normalized spacial score (nSPS) is 11.2. The van der Waals surface area contributed by atoms with E-state index in [9.17, 15) is 0 Å². The molecule has 15 heavy (non-hydrogen) atoms. The van der Waals surface area contributed by atoms with E-state index >= 15 is 0 Å². The molecule has 0 fully saturated rings. The van der Waals surface area contributed by atoms with E-state index in [4.69, 9.17) is 9.84 Å². The van der Waals surface area contributed by atoms with Crippen LogP contribution in [0.5, 0.6) is 0 Å². The van der Waals surface area contributed by atoms with Crippen LogP contribution in [0.1, 0.15) is 20.3 Å². The van der Waals surface area contributed by atoms with E-state index in [1.165, 1.54) is 0 Å². The molecule has 0 spiro atoms. The molecule has 0 aromatic heterocycles. The Kier molecular flexibility index (Phi) is 11.8. The largest absolute Gasteiger partial charge is 0.394 e. The van der Waals surface area contributed by atoms with Gasteiger partial charge in [0.25, 0.3) is 0 Å². The fourth-order valence-corrected chi connectivity index (χ4v) is 1.37. The van der Waals surface area contributed by atoms with Crippen molar-refractivity contribution in [2.45, 2.75) is 20.3 Å². The molecule has 0 amide bonds. The van der Waals surface area contributed by atoms with Crippen molar-refractivity contribution in [3.8, 4) is 0 Å². The van der Waals surface area contributed by atoms with Crippen molar-refractivity contribution in [1.29, 1.82) is 0 Å². The summed E-state index contributed by atoms with van der Waals surface area (Å²) in [5, 5.41) is 11.9. The molecule has 0 aromatic rings. The maximum atomic E-state index is 8.48. The quantitative estimate of drug-likeness (QED) is 0.490. The van der Waals surface area contributed by atoms with E-state index in [-0.39, 0.29) is 6.61 Å². The SMILES string of the molecule is CCN(CC)CCNCCCOCCO. The van der Waals surface area contributed by atoms with Gasteiger partial charge in [-0.25, -0.2) is 0 Å². The highest BCUT2D eigenvalue weighted by Gasteiger charge is 1.96. The summed E-state index contributed by atoms with van der Waals surface area (Å²) < 4.78 is 5.15. The Hall–Kier alpha value is -0.160. The fourth-order valence-electron chi connectivity index (χ4n) is 1.37. The zero-order valence-corrected chi connectivity index (χ0v) is 10.2. The summed E-state index contributed by atoms with van der Waals surface area (Å²) in [6, 6.07) is 0. The monoisotopic (exact) mass is 218 g/mol. The highest BCUT2D eigenvalue weighted by atomic mass is 16.5. The molecule has 0 rings (SSSR count). The van der Waals surface area contributed by atoms with Crippen LogP contribution in [0.4, 0.5) is 0 Å². The Balaban J connectivity index is 3.04. The average molecular weight is 218 g/mol. The number of nitrogens with zero attached hydrogens (tertiary/aromatic N) is 1. The Bertz CT molecular complexity index is 119. The summed E-state index contributed by atoms with van der Waals surface area (Å²) >= 11 is 0. The minimum absolute atomic E-state index is 0.120. The van der Waals surface area contributed by atoms with Crippen molar-refractivity contribution >= 4 is 0 Å². The molecule has 0 saturated carbocycles. The van der Waals surface area contributed by atoms with Gasteiger partial charge in [0.05, 0.1) is 13.2 Å². The topological polar surface area (TPSA) is 44.7 Å². The van der Waals surface area contributed by atoms with Gasteiger partial charge < -0.3 is 20.1 Å². The predicted molar refractivity (Wildman–Crippen MR) is 63.2 cm³/mol. The molecule has 2 N–H and O–H groups in total. The number of hydrogen-bond donors (Lipinski definition) is 2. The van der Waals surface area contributed by atoms with E-state index in [1.807, 2.05) is 0 Å². The van der Waals surface area contributed by atoms with Crippen molar-refractivity contribution in [2.75, 3.05) is 52.5 Å². The molecule has 0 aliphatic carbocycles. The van der Waals surface area contributed by atoms with Gasteiger partial charge in [0.15, 0.2) is 0 Å². The molecule has 0 aliphatic heterocycles.